The number of nitrogens with zero attached hydrogens (tertiary/aromatic N) is 1. The van der Waals surface area contributed by atoms with E-state index in [4.69, 9.17) is 27.9 Å². The molecule has 1 amide bonds. The number of carboxylic acid groups (broad SMARTS) is 1. The average molecular weight is 491 g/mol. The van der Waals surface area contributed by atoms with Gasteiger partial charge < -0.3 is 24.8 Å². The fraction of sp³-hybridized carbons (Fsp3) is 0.333. The molecule has 2 aromatic carbocycles. The molecule has 1 aliphatic heterocycles. The standard InChI is InChI=1S/C24H24Cl2N2O5/c1-3-4-15(23(31)32)13-5-7-14(8-6-13)24(11-33-12-24)27-22(30)18-9-16-17(28(18)2)10-19(29)21(26)20(16)25/h5-10,15,29H,3-4,11-12H2,1-2H3,(H,27,30)(H,31,32). The first-order valence-corrected chi connectivity index (χ1v) is 11.3. The zero-order valence-corrected chi connectivity index (χ0v) is 19.7. The molecule has 7 nitrogen and oxygen atoms in total. The van der Waals surface area contributed by atoms with Crippen molar-refractivity contribution in [1.82, 2.24) is 9.88 Å². The van der Waals surface area contributed by atoms with Gasteiger partial charge in [0.05, 0.1) is 29.7 Å². The summed E-state index contributed by atoms with van der Waals surface area (Å²) in [6.07, 6.45) is 1.33. The lowest BCUT2D eigenvalue weighted by Crippen LogP contribution is -2.59. The monoisotopic (exact) mass is 490 g/mol. The number of hydrogen-bond acceptors (Lipinski definition) is 4. The minimum Gasteiger partial charge on any atom is -0.506 e. The number of halogens is 2. The van der Waals surface area contributed by atoms with E-state index in [1.165, 1.54) is 6.07 Å². The summed E-state index contributed by atoms with van der Waals surface area (Å²) in [6, 6.07) is 10.4. The number of phenolic OH excluding ortho intramolecular Hbond substituents is 1. The number of phenols is 1. The normalized spacial score (nSPS) is 15.8. The number of aryl methyl sites for hydroxylation is 1. The third-order valence-corrected chi connectivity index (χ3v) is 7.10. The summed E-state index contributed by atoms with van der Waals surface area (Å²) in [5, 5.41) is 23.4. The van der Waals surface area contributed by atoms with Crippen LogP contribution in [0.4, 0.5) is 0 Å². The van der Waals surface area contributed by atoms with Gasteiger partial charge in [0.15, 0.2) is 0 Å². The number of aromatic hydroxyl groups is 1. The van der Waals surface area contributed by atoms with E-state index in [2.05, 4.69) is 5.32 Å². The van der Waals surface area contributed by atoms with Crippen LogP contribution >= 0.6 is 23.2 Å². The van der Waals surface area contributed by atoms with Gasteiger partial charge in [-0.05, 0) is 23.6 Å². The highest BCUT2D eigenvalue weighted by Gasteiger charge is 2.42. The number of benzene rings is 2. The van der Waals surface area contributed by atoms with Crippen molar-refractivity contribution in [2.75, 3.05) is 13.2 Å². The van der Waals surface area contributed by atoms with Crippen LogP contribution in [0, 0.1) is 0 Å². The second-order valence-corrected chi connectivity index (χ2v) is 9.13. The fourth-order valence-corrected chi connectivity index (χ4v) is 4.67. The van der Waals surface area contributed by atoms with Crippen molar-refractivity contribution >= 4 is 46.0 Å². The summed E-state index contributed by atoms with van der Waals surface area (Å²) in [7, 11) is 1.71. The van der Waals surface area contributed by atoms with Crippen molar-refractivity contribution in [3.63, 3.8) is 0 Å². The van der Waals surface area contributed by atoms with Crippen LogP contribution in [0.15, 0.2) is 36.4 Å². The molecule has 0 saturated carbocycles. The summed E-state index contributed by atoms with van der Waals surface area (Å²) >= 11 is 12.3. The van der Waals surface area contributed by atoms with Crippen LogP contribution < -0.4 is 5.32 Å². The van der Waals surface area contributed by atoms with Crippen LogP contribution in [0.2, 0.25) is 10.0 Å². The lowest BCUT2D eigenvalue weighted by molar-refractivity contribution is -0.139. The first-order valence-electron chi connectivity index (χ1n) is 10.6. The van der Waals surface area contributed by atoms with Gasteiger partial charge in [-0.1, -0.05) is 60.8 Å². The zero-order chi connectivity index (χ0) is 23.9. The lowest BCUT2D eigenvalue weighted by Gasteiger charge is -2.42. The summed E-state index contributed by atoms with van der Waals surface area (Å²) in [6.45, 7) is 2.55. The summed E-state index contributed by atoms with van der Waals surface area (Å²) in [4.78, 5) is 24.8. The molecule has 174 valence electrons. The smallest absolute Gasteiger partial charge is 0.310 e. The molecule has 3 aromatic rings. The van der Waals surface area contributed by atoms with Crippen molar-refractivity contribution in [3.05, 3.63) is 63.3 Å². The molecule has 0 bridgehead atoms. The molecule has 1 saturated heterocycles. The van der Waals surface area contributed by atoms with Gasteiger partial charge in [-0.3, -0.25) is 9.59 Å². The molecule has 0 aliphatic carbocycles. The number of fused-ring (bicyclic) bond motifs is 1. The number of carboxylic acids is 1. The van der Waals surface area contributed by atoms with E-state index in [0.717, 1.165) is 17.5 Å². The van der Waals surface area contributed by atoms with Crippen molar-refractivity contribution in [2.45, 2.75) is 31.2 Å². The van der Waals surface area contributed by atoms with Gasteiger partial charge >= 0.3 is 5.97 Å². The summed E-state index contributed by atoms with van der Waals surface area (Å²) in [5.74, 6) is -1.90. The van der Waals surface area contributed by atoms with E-state index in [9.17, 15) is 19.8 Å². The van der Waals surface area contributed by atoms with E-state index in [1.807, 2.05) is 19.1 Å². The Hall–Kier alpha value is -2.74. The van der Waals surface area contributed by atoms with E-state index in [0.29, 0.717) is 36.2 Å². The van der Waals surface area contributed by atoms with Crippen LogP contribution in [-0.4, -0.2) is 39.9 Å². The molecular weight excluding hydrogens is 467 g/mol. The highest BCUT2D eigenvalue weighted by atomic mass is 35.5. The summed E-state index contributed by atoms with van der Waals surface area (Å²) < 4.78 is 7.08. The van der Waals surface area contributed by atoms with E-state index < -0.39 is 17.4 Å². The second kappa shape index (κ2) is 8.89. The van der Waals surface area contributed by atoms with E-state index in [1.54, 1.807) is 29.8 Å². The van der Waals surface area contributed by atoms with Crippen LogP contribution in [-0.2, 0) is 22.1 Å². The maximum atomic E-state index is 13.2. The quantitative estimate of drug-likeness (QED) is 0.440. The maximum absolute atomic E-state index is 13.2. The number of nitrogens with one attached hydrogen (secondary N) is 1. The molecule has 1 aliphatic rings. The number of carbonyl (C=O) groups is 2. The Morgan fingerprint density at radius 3 is 2.39 bits per heavy atom. The van der Waals surface area contributed by atoms with E-state index in [-0.39, 0.29) is 21.7 Å². The highest BCUT2D eigenvalue weighted by molar-refractivity contribution is 6.46. The van der Waals surface area contributed by atoms with Gasteiger partial charge in [0, 0.05) is 18.5 Å². The number of hydrogen-bond donors (Lipinski definition) is 3. The minimum absolute atomic E-state index is 0.0356. The van der Waals surface area contributed by atoms with Gasteiger partial charge in [0.2, 0.25) is 0 Å². The molecule has 0 radical (unpaired) electrons. The molecule has 1 aromatic heterocycles. The third-order valence-electron chi connectivity index (χ3n) is 6.23. The van der Waals surface area contributed by atoms with Crippen molar-refractivity contribution in [1.29, 1.82) is 0 Å². The first kappa shape index (κ1) is 23.4. The zero-order valence-electron chi connectivity index (χ0n) is 18.2. The number of ether oxygens (including phenoxy) is 1. The van der Waals surface area contributed by atoms with Gasteiger partial charge in [0.1, 0.15) is 22.0 Å². The molecule has 9 heteroatoms. The molecule has 1 fully saturated rings. The molecule has 0 spiro atoms. The molecule has 3 N–H and O–H groups in total. The number of aliphatic carboxylic acids is 1. The maximum Gasteiger partial charge on any atom is 0.310 e. The third kappa shape index (κ3) is 4.05. The van der Waals surface area contributed by atoms with Crippen molar-refractivity contribution in [2.24, 2.45) is 7.05 Å². The minimum atomic E-state index is -0.847. The molecular formula is C24H24Cl2N2O5. The number of amides is 1. The largest absolute Gasteiger partial charge is 0.506 e. The van der Waals surface area contributed by atoms with Gasteiger partial charge in [0.25, 0.3) is 5.91 Å². The second-order valence-electron chi connectivity index (χ2n) is 8.38. The SMILES string of the molecule is CCCC(C(=O)O)c1ccc(C2(NC(=O)c3cc4c(Cl)c(Cl)c(O)cc4n3C)COC2)cc1. The molecule has 1 unspecified atom stereocenters. The topological polar surface area (TPSA) is 101 Å². The van der Waals surface area contributed by atoms with Crippen LogP contribution in [0.3, 0.4) is 0 Å². The van der Waals surface area contributed by atoms with Crippen molar-refractivity contribution < 1.29 is 24.5 Å². The number of rotatable bonds is 7. The molecule has 4 rings (SSSR count). The van der Waals surface area contributed by atoms with Gasteiger partial charge in [-0.2, -0.15) is 0 Å². The number of aromatic nitrogens is 1. The average Bonchev–Trinajstić information content (AvgIpc) is 3.09. The lowest BCUT2D eigenvalue weighted by atomic mass is 9.85. The van der Waals surface area contributed by atoms with Crippen molar-refractivity contribution in [3.8, 4) is 5.75 Å². The van der Waals surface area contributed by atoms with Crippen LogP contribution in [0.25, 0.3) is 10.9 Å². The van der Waals surface area contributed by atoms with E-state index >= 15 is 0 Å². The first-order chi connectivity index (χ1) is 15.7. The van der Waals surface area contributed by atoms with Crippen LogP contribution in [0.1, 0.15) is 47.3 Å². The predicted octanol–water partition coefficient (Wildman–Crippen LogP) is 4.81. The molecule has 2 heterocycles. The Labute approximate surface area is 200 Å². The highest BCUT2D eigenvalue weighted by Crippen LogP contribution is 2.39. The van der Waals surface area contributed by atoms with Crippen LogP contribution in [0.5, 0.6) is 5.75 Å². The Bertz CT molecular complexity index is 1230. The molecule has 1 atom stereocenters. The Morgan fingerprint density at radius 2 is 1.85 bits per heavy atom. The van der Waals surface area contributed by atoms with Gasteiger partial charge in [-0.15, -0.1) is 0 Å². The Morgan fingerprint density at radius 1 is 1.18 bits per heavy atom. The number of carbonyl (C=O) groups excluding carboxylic acids is 1. The van der Waals surface area contributed by atoms with Gasteiger partial charge in [-0.25, -0.2) is 0 Å². The Balaban J connectivity index is 1.63. The fourth-order valence-electron chi connectivity index (χ4n) is 4.26. The Kier molecular flexibility index (Phi) is 6.31. The summed E-state index contributed by atoms with van der Waals surface area (Å²) in [5.41, 5.74) is 1.77. The molecule has 33 heavy (non-hydrogen) atoms. The predicted molar refractivity (Wildman–Crippen MR) is 126 cm³/mol.